The predicted molar refractivity (Wildman–Crippen MR) is 74.6 cm³/mol. The van der Waals surface area contributed by atoms with Crippen LogP contribution in [0, 0.1) is 0 Å². The van der Waals surface area contributed by atoms with Gasteiger partial charge >= 0.3 is 0 Å². The van der Waals surface area contributed by atoms with Crippen molar-refractivity contribution in [3.63, 3.8) is 0 Å². The monoisotopic (exact) mass is 268 g/mol. The summed E-state index contributed by atoms with van der Waals surface area (Å²) in [4.78, 5) is 0. The van der Waals surface area contributed by atoms with Crippen molar-refractivity contribution in [3.8, 4) is 5.75 Å². The lowest BCUT2D eigenvalue weighted by atomic mass is 9.90. The maximum atomic E-state index is 6.10. The van der Waals surface area contributed by atoms with Crippen LogP contribution >= 0.6 is 11.6 Å². The normalized spacial score (nSPS) is 28.6. The third-order valence-electron chi connectivity index (χ3n) is 3.79. The van der Waals surface area contributed by atoms with E-state index in [9.17, 15) is 0 Å². The lowest BCUT2D eigenvalue weighted by Crippen LogP contribution is -2.52. The second-order valence-corrected chi connectivity index (χ2v) is 5.52. The van der Waals surface area contributed by atoms with E-state index in [2.05, 4.69) is 26.0 Å². The van der Waals surface area contributed by atoms with Gasteiger partial charge in [-0.25, -0.2) is 0 Å². The molecule has 0 spiro atoms. The highest BCUT2D eigenvalue weighted by atomic mass is 35.5. The molecule has 0 bridgehead atoms. The molecule has 1 aromatic carbocycles. The molecule has 0 radical (unpaired) electrons. The van der Waals surface area contributed by atoms with Crippen molar-refractivity contribution in [3.05, 3.63) is 29.8 Å². The van der Waals surface area contributed by atoms with Crippen LogP contribution in [-0.4, -0.2) is 24.7 Å². The molecule has 0 aromatic heterocycles. The number of halogens is 1. The summed E-state index contributed by atoms with van der Waals surface area (Å²) >= 11 is 6.10. The summed E-state index contributed by atoms with van der Waals surface area (Å²) in [6, 6.07) is 8.26. The lowest BCUT2D eigenvalue weighted by molar-refractivity contribution is -0.0587. The van der Waals surface area contributed by atoms with Crippen molar-refractivity contribution < 1.29 is 9.47 Å². The van der Waals surface area contributed by atoms with Crippen LogP contribution in [0.4, 0.5) is 0 Å². The Kier molecular flexibility index (Phi) is 4.52. The molecule has 0 saturated heterocycles. The van der Waals surface area contributed by atoms with Gasteiger partial charge < -0.3 is 9.47 Å². The van der Waals surface area contributed by atoms with Gasteiger partial charge in [-0.3, -0.25) is 0 Å². The Labute approximate surface area is 114 Å². The van der Waals surface area contributed by atoms with Crippen LogP contribution in [0.2, 0.25) is 0 Å². The molecule has 1 aliphatic carbocycles. The molecule has 1 aromatic rings. The molecular weight excluding hydrogens is 248 g/mol. The first-order chi connectivity index (χ1) is 8.67. The van der Waals surface area contributed by atoms with Gasteiger partial charge in [-0.2, -0.15) is 0 Å². The Hall–Kier alpha value is -0.730. The van der Waals surface area contributed by atoms with Gasteiger partial charge in [0.25, 0.3) is 0 Å². The largest absolute Gasteiger partial charge is 0.487 e. The summed E-state index contributed by atoms with van der Waals surface area (Å²) in [5.41, 5.74) is 1.27. The zero-order valence-electron chi connectivity index (χ0n) is 11.2. The molecule has 4 unspecified atom stereocenters. The number of hydrogen-bond acceptors (Lipinski definition) is 2. The Morgan fingerprint density at radius 3 is 2.72 bits per heavy atom. The Bertz CT molecular complexity index is 394. The van der Waals surface area contributed by atoms with E-state index in [0.717, 1.165) is 18.6 Å². The highest BCUT2D eigenvalue weighted by Gasteiger charge is 2.42. The van der Waals surface area contributed by atoms with Crippen LogP contribution in [-0.2, 0) is 4.74 Å². The topological polar surface area (TPSA) is 18.5 Å². The minimum Gasteiger partial charge on any atom is -0.487 e. The molecular formula is C15H21ClO2. The highest BCUT2D eigenvalue weighted by Crippen LogP contribution is 2.35. The SMILES string of the molecule is CCC(C)c1ccccc1OC1CC(Cl)C1OC. The maximum absolute atomic E-state index is 6.10. The molecule has 18 heavy (non-hydrogen) atoms. The number of hydrogen-bond donors (Lipinski definition) is 0. The van der Waals surface area contributed by atoms with Crippen molar-refractivity contribution >= 4 is 11.6 Å². The quantitative estimate of drug-likeness (QED) is 0.752. The van der Waals surface area contributed by atoms with Crippen molar-refractivity contribution in [2.75, 3.05) is 7.11 Å². The summed E-state index contributed by atoms with van der Waals surface area (Å²) in [5, 5.41) is 0.0794. The summed E-state index contributed by atoms with van der Waals surface area (Å²) < 4.78 is 11.4. The number of alkyl halides is 1. The van der Waals surface area contributed by atoms with Crippen molar-refractivity contribution in [2.24, 2.45) is 0 Å². The molecule has 1 aliphatic rings. The number of methoxy groups -OCH3 is 1. The van der Waals surface area contributed by atoms with E-state index >= 15 is 0 Å². The van der Waals surface area contributed by atoms with Crippen LogP contribution in [0.15, 0.2) is 24.3 Å². The van der Waals surface area contributed by atoms with Crippen molar-refractivity contribution in [1.82, 2.24) is 0 Å². The zero-order valence-corrected chi connectivity index (χ0v) is 12.0. The highest BCUT2D eigenvalue weighted by molar-refractivity contribution is 6.21. The van der Waals surface area contributed by atoms with Gasteiger partial charge in [-0.15, -0.1) is 11.6 Å². The first-order valence-electron chi connectivity index (χ1n) is 6.59. The standard InChI is InChI=1S/C15H21ClO2/c1-4-10(2)11-7-5-6-8-13(11)18-14-9-12(16)15(14)17-3/h5-8,10,12,14-15H,4,9H2,1-3H3. The van der Waals surface area contributed by atoms with E-state index in [1.165, 1.54) is 5.56 Å². The molecule has 0 heterocycles. The average Bonchev–Trinajstić information content (AvgIpc) is 2.38. The van der Waals surface area contributed by atoms with Gasteiger partial charge in [0.15, 0.2) is 0 Å². The van der Waals surface area contributed by atoms with Gasteiger partial charge in [0.2, 0.25) is 0 Å². The van der Waals surface area contributed by atoms with Crippen LogP contribution < -0.4 is 4.74 Å². The van der Waals surface area contributed by atoms with Gasteiger partial charge in [0.05, 0.1) is 5.38 Å². The summed E-state index contributed by atoms with van der Waals surface area (Å²) in [5.74, 6) is 1.48. The third kappa shape index (κ3) is 2.65. The zero-order chi connectivity index (χ0) is 13.1. The van der Waals surface area contributed by atoms with E-state index in [0.29, 0.717) is 5.92 Å². The number of ether oxygens (including phenoxy) is 2. The maximum Gasteiger partial charge on any atom is 0.128 e. The van der Waals surface area contributed by atoms with Gasteiger partial charge in [-0.1, -0.05) is 32.0 Å². The van der Waals surface area contributed by atoms with E-state index in [4.69, 9.17) is 21.1 Å². The molecule has 2 rings (SSSR count). The fourth-order valence-corrected chi connectivity index (χ4v) is 2.76. The second-order valence-electron chi connectivity index (χ2n) is 4.96. The van der Waals surface area contributed by atoms with Crippen LogP contribution in [0.5, 0.6) is 5.75 Å². The minimum absolute atomic E-state index is 0.0108. The van der Waals surface area contributed by atoms with Crippen LogP contribution in [0.1, 0.15) is 38.2 Å². The van der Waals surface area contributed by atoms with Crippen molar-refractivity contribution in [2.45, 2.75) is 50.2 Å². The number of rotatable bonds is 5. The first kappa shape index (κ1) is 13.7. The Morgan fingerprint density at radius 1 is 1.39 bits per heavy atom. The van der Waals surface area contributed by atoms with Crippen molar-refractivity contribution in [1.29, 1.82) is 0 Å². The van der Waals surface area contributed by atoms with Gasteiger partial charge in [0, 0.05) is 13.5 Å². The smallest absolute Gasteiger partial charge is 0.128 e. The van der Waals surface area contributed by atoms with Gasteiger partial charge in [0.1, 0.15) is 18.0 Å². The fraction of sp³-hybridized carbons (Fsp3) is 0.600. The Morgan fingerprint density at radius 2 is 2.11 bits per heavy atom. The predicted octanol–water partition coefficient (Wildman–Crippen LogP) is 3.97. The van der Waals surface area contributed by atoms with Gasteiger partial charge in [-0.05, 0) is 24.0 Å². The lowest BCUT2D eigenvalue weighted by Gasteiger charge is -2.40. The van der Waals surface area contributed by atoms with Crippen LogP contribution in [0.25, 0.3) is 0 Å². The van der Waals surface area contributed by atoms with E-state index in [1.807, 2.05) is 12.1 Å². The summed E-state index contributed by atoms with van der Waals surface area (Å²) in [6.45, 7) is 4.42. The van der Waals surface area contributed by atoms with E-state index < -0.39 is 0 Å². The molecule has 3 heteroatoms. The minimum atomic E-state index is 0.0108. The average molecular weight is 269 g/mol. The molecule has 0 N–H and O–H groups in total. The molecule has 2 nitrogen and oxygen atoms in total. The number of para-hydroxylation sites is 1. The molecule has 1 fully saturated rings. The molecule has 100 valence electrons. The van der Waals surface area contributed by atoms with E-state index in [-0.39, 0.29) is 17.6 Å². The summed E-state index contributed by atoms with van der Waals surface area (Å²) in [6.07, 6.45) is 2.06. The van der Waals surface area contributed by atoms with E-state index in [1.54, 1.807) is 7.11 Å². The molecule has 0 aliphatic heterocycles. The molecule has 1 saturated carbocycles. The summed E-state index contributed by atoms with van der Waals surface area (Å²) in [7, 11) is 1.69. The third-order valence-corrected chi connectivity index (χ3v) is 4.22. The molecule has 4 atom stereocenters. The Balaban J connectivity index is 2.10. The second kappa shape index (κ2) is 5.94. The first-order valence-corrected chi connectivity index (χ1v) is 7.03. The number of benzene rings is 1. The fourth-order valence-electron chi connectivity index (χ4n) is 2.32. The molecule has 0 amide bonds. The van der Waals surface area contributed by atoms with Crippen LogP contribution in [0.3, 0.4) is 0 Å².